The number of likely N-dealkylation sites (N-methyl/N-ethyl adjacent to an activating group) is 1. The highest BCUT2D eigenvalue weighted by molar-refractivity contribution is 6.31. The van der Waals surface area contributed by atoms with E-state index < -0.39 is 5.97 Å². The zero-order valence-corrected chi connectivity index (χ0v) is 9.87. The summed E-state index contributed by atoms with van der Waals surface area (Å²) in [4.78, 5) is 13.0. The number of halogens is 1. The first-order valence-corrected chi connectivity index (χ1v) is 5.36. The standard InChI is InChI=1S/C12H14ClNO2/c1-3-7-14(4-2)11-6-5-9(13)8-10(11)12(15)16/h3,5-6,8H,1,4,7H2,2H3,(H,15,16). The van der Waals surface area contributed by atoms with E-state index in [1.807, 2.05) is 11.8 Å². The molecular weight excluding hydrogens is 226 g/mol. The minimum atomic E-state index is -0.972. The van der Waals surface area contributed by atoms with Gasteiger partial charge in [-0.2, -0.15) is 0 Å². The summed E-state index contributed by atoms with van der Waals surface area (Å²) in [6.45, 7) is 6.94. The lowest BCUT2D eigenvalue weighted by Crippen LogP contribution is -2.24. The fourth-order valence-corrected chi connectivity index (χ4v) is 1.68. The average molecular weight is 240 g/mol. The monoisotopic (exact) mass is 239 g/mol. The minimum Gasteiger partial charge on any atom is -0.478 e. The van der Waals surface area contributed by atoms with Crippen molar-refractivity contribution in [3.05, 3.63) is 41.4 Å². The molecule has 1 rings (SSSR count). The third-order valence-electron chi connectivity index (χ3n) is 2.26. The van der Waals surface area contributed by atoms with E-state index in [2.05, 4.69) is 6.58 Å². The van der Waals surface area contributed by atoms with Crippen molar-refractivity contribution in [1.82, 2.24) is 0 Å². The first kappa shape index (κ1) is 12.6. The Hall–Kier alpha value is -1.48. The predicted molar refractivity (Wildman–Crippen MR) is 66.5 cm³/mol. The Morgan fingerprint density at radius 3 is 2.81 bits per heavy atom. The number of rotatable bonds is 5. The normalized spacial score (nSPS) is 9.88. The molecule has 0 heterocycles. The molecule has 3 nitrogen and oxygen atoms in total. The summed E-state index contributed by atoms with van der Waals surface area (Å²) in [7, 11) is 0. The minimum absolute atomic E-state index is 0.219. The Morgan fingerprint density at radius 1 is 1.62 bits per heavy atom. The van der Waals surface area contributed by atoms with Crippen LogP contribution in [0.25, 0.3) is 0 Å². The van der Waals surface area contributed by atoms with Crippen molar-refractivity contribution in [2.45, 2.75) is 6.92 Å². The lowest BCUT2D eigenvalue weighted by Gasteiger charge is -2.23. The van der Waals surface area contributed by atoms with Crippen molar-refractivity contribution >= 4 is 23.3 Å². The molecule has 16 heavy (non-hydrogen) atoms. The molecule has 0 unspecified atom stereocenters. The molecule has 0 atom stereocenters. The smallest absolute Gasteiger partial charge is 0.337 e. The Labute approximate surface area is 100.0 Å². The maximum Gasteiger partial charge on any atom is 0.337 e. The molecule has 86 valence electrons. The molecule has 0 aliphatic heterocycles. The van der Waals surface area contributed by atoms with Crippen LogP contribution < -0.4 is 4.90 Å². The van der Waals surface area contributed by atoms with Gasteiger partial charge in [-0.15, -0.1) is 6.58 Å². The molecule has 0 saturated heterocycles. The van der Waals surface area contributed by atoms with Crippen molar-refractivity contribution in [2.75, 3.05) is 18.0 Å². The second-order valence-corrected chi connectivity index (χ2v) is 3.73. The van der Waals surface area contributed by atoms with Crippen LogP contribution in [0, 0.1) is 0 Å². The number of carboxylic acid groups (broad SMARTS) is 1. The number of carboxylic acids is 1. The van der Waals surface area contributed by atoms with E-state index in [9.17, 15) is 4.79 Å². The van der Waals surface area contributed by atoms with Gasteiger partial charge in [-0.05, 0) is 25.1 Å². The molecule has 0 aliphatic carbocycles. The van der Waals surface area contributed by atoms with Gasteiger partial charge in [0.15, 0.2) is 0 Å². The zero-order chi connectivity index (χ0) is 12.1. The quantitative estimate of drug-likeness (QED) is 0.803. The van der Waals surface area contributed by atoms with E-state index in [4.69, 9.17) is 16.7 Å². The van der Waals surface area contributed by atoms with Gasteiger partial charge in [0, 0.05) is 18.1 Å². The van der Waals surface area contributed by atoms with Crippen LogP contribution in [0.2, 0.25) is 5.02 Å². The molecular formula is C12H14ClNO2. The summed E-state index contributed by atoms with van der Waals surface area (Å²) in [6, 6.07) is 4.87. The molecule has 1 aromatic rings. The van der Waals surface area contributed by atoms with Crippen LogP contribution in [-0.2, 0) is 0 Å². The lowest BCUT2D eigenvalue weighted by atomic mass is 10.1. The van der Waals surface area contributed by atoms with Crippen molar-refractivity contribution in [2.24, 2.45) is 0 Å². The number of anilines is 1. The Kier molecular flexibility index (Phi) is 4.38. The zero-order valence-electron chi connectivity index (χ0n) is 9.11. The molecule has 0 fully saturated rings. The second kappa shape index (κ2) is 5.56. The van der Waals surface area contributed by atoms with Gasteiger partial charge < -0.3 is 10.0 Å². The Bertz CT molecular complexity index is 404. The molecule has 1 aromatic carbocycles. The first-order valence-electron chi connectivity index (χ1n) is 4.98. The molecule has 0 saturated carbocycles. The maximum absolute atomic E-state index is 11.1. The highest BCUT2D eigenvalue weighted by Crippen LogP contribution is 2.24. The van der Waals surface area contributed by atoms with Crippen LogP contribution >= 0.6 is 11.6 Å². The Balaban J connectivity index is 3.19. The van der Waals surface area contributed by atoms with Gasteiger partial charge >= 0.3 is 5.97 Å². The number of aromatic carboxylic acids is 1. The molecule has 4 heteroatoms. The van der Waals surface area contributed by atoms with Gasteiger partial charge in [0.2, 0.25) is 0 Å². The van der Waals surface area contributed by atoms with Crippen molar-refractivity contribution < 1.29 is 9.90 Å². The molecule has 0 amide bonds. The number of hydrogen-bond donors (Lipinski definition) is 1. The van der Waals surface area contributed by atoms with Crippen LogP contribution in [0.3, 0.4) is 0 Å². The predicted octanol–water partition coefficient (Wildman–Crippen LogP) is 3.05. The van der Waals surface area contributed by atoms with E-state index >= 15 is 0 Å². The topological polar surface area (TPSA) is 40.5 Å². The SMILES string of the molecule is C=CCN(CC)c1ccc(Cl)cc1C(=O)O. The number of benzene rings is 1. The van der Waals surface area contributed by atoms with E-state index in [0.717, 1.165) is 0 Å². The number of carbonyl (C=O) groups is 1. The van der Waals surface area contributed by atoms with Gasteiger partial charge in [-0.1, -0.05) is 17.7 Å². The summed E-state index contributed by atoms with van der Waals surface area (Å²) in [5, 5.41) is 9.52. The largest absolute Gasteiger partial charge is 0.478 e. The summed E-state index contributed by atoms with van der Waals surface area (Å²) >= 11 is 5.78. The summed E-state index contributed by atoms with van der Waals surface area (Å²) < 4.78 is 0. The van der Waals surface area contributed by atoms with Crippen molar-refractivity contribution in [3.63, 3.8) is 0 Å². The van der Waals surface area contributed by atoms with Gasteiger partial charge in [0.25, 0.3) is 0 Å². The van der Waals surface area contributed by atoms with Gasteiger partial charge in [0.1, 0.15) is 0 Å². The maximum atomic E-state index is 11.1. The summed E-state index contributed by atoms with van der Waals surface area (Å²) in [6.07, 6.45) is 1.74. The van der Waals surface area contributed by atoms with Crippen LogP contribution in [0.5, 0.6) is 0 Å². The highest BCUT2D eigenvalue weighted by atomic mass is 35.5. The summed E-state index contributed by atoms with van der Waals surface area (Å²) in [5.41, 5.74) is 0.885. The molecule has 1 N–H and O–H groups in total. The lowest BCUT2D eigenvalue weighted by molar-refractivity contribution is 0.0697. The van der Waals surface area contributed by atoms with Gasteiger partial charge in [-0.25, -0.2) is 4.79 Å². The fourth-order valence-electron chi connectivity index (χ4n) is 1.51. The molecule has 0 radical (unpaired) electrons. The van der Waals surface area contributed by atoms with Gasteiger partial charge in [0.05, 0.1) is 11.3 Å². The van der Waals surface area contributed by atoms with Crippen LogP contribution in [0.15, 0.2) is 30.9 Å². The van der Waals surface area contributed by atoms with Crippen LogP contribution in [0.4, 0.5) is 5.69 Å². The van der Waals surface area contributed by atoms with Crippen molar-refractivity contribution in [1.29, 1.82) is 0 Å². The number of nitrogens with zero attached hydrogens (tertiary/aromatic N) is 1. The van der Waals surface area contributed by atoms with E-state index in [1.54, 1.807) is 18.2 Å². The van der Waals surface area contributed by atoms with Gasteiger partial charge in [-0.3, -0.25) is 0 Å². The van der Waals surface area contributed by atoms with Crippen LogP contribution in [0.1, 0.15) is 17.3 Å². The first-order chi connectivity index (χ1) is 7.60. The van der Waals surface area contributed by atoms with Crippen LogP contribution in [-0.4, -0.2) is 24.2 Å². The molecule has 0 aromatic heterocycles. The highest BCUT2D eigenvalue weighted by Gasteiger charge is 2.14. The van der Waals surface area contributed by atoms with E-state index in [0.29, 0.717) is 23.8 Å². The fraction of sp³-hybridized carbons (Fsp3) is 0.250. The molecule has 0 bridgehead atoms. The third-order valence-corrected chi connectivity index (χ3v) is 2.50. The third kappa shape index (κ3) is 2.76. The average Bonchev–Trinajstić information content (AvgIpc) is 2.26. The summed E-state index contributed by atoms with van der Waals surface area (Å²) in [5.74, 6) is -0.972. The van der Waals surface area contributed by atoms with E-state index in [1.165, 1.54) is 6.07 Å². The van der Waals surface area contributed by atoms with E-state index in [-0.39, 0.29) is 5.56 Å². The molecule has 0 spiro atoms. The second-order valence-electron chi connectivity index (χ2n) is 3.29. The molecule has 0 aliphatic rings. The van der Waals surface area contributed by atoms with Crippen molar-refractivity contribution in [3.8, 4) is 0 Å². The Morgan fingerprint density at radius 2 is 2.31 bits per heavy atom. The number of hydrogen-bond acceptors (Lipinski definition) is 2.